The molecule has 2 N–H and O–H groups in total. The summed E-state index contributed by atoms with van der Waals surface area (Å²) in [4.78, 5) is 29.2. The molecule has 0 amide bonds. The molecular weight excluding hydrogens is 244 g/mol. The molecule has 2 heterocycles. The van der Waals surface area contributed by atoms with Crippen LogP contribution in [0.25, 0.3) is 0 Å². The molecule has 0 saturated carbocycles. The first-order chi connectivity index (χ1) is 7.66. The zero-order chi connectivity index (χ0) is 11.5. The van der Waals surface area contributed by atoms with E-state index in [-0.39, 0.29) is 18.0 Å². The molecule has 0 aliphatic carbocycles. The molecule has 0 atom stereocenters. The van der Waals surface area contributed by atoms with Crippen LogP contribution in [0.5, 0.6) is 0 Å². The molecule has 6 nitrogen and oxygen atoms in total. The van der Waals surface area contributed by atoms with Crippen molar-refractivity contribution in [3.8, 4) is 0 Å². The minimum atomic E-state index is -0.398. The van der Waals surface area contributed by atoms with Crippen LogP contribution < -0.4 is 16.6 Å². The molecule has 1 aliphatic heterocycles. The van der Waals surface area contributed by atoms with Crippen LogP contribution in [-0.2, 0) is 6.54 Å². The lowest BCUT2D eigenvalue weighted by atomic mass is 10.3. The summed E-state index contributed by atoms with van der Waals surface area (Å²) in [6, 6.07) is 0. The van der Waals surface area contributed by atoms with Crippen LogP contribution >= 0.6 is 12.4 Å². The number of nitrogens with one attached hydrogen (secondary N) is 2. The Morgan fingerprint density at radius 1 is 1.47 bits per heavy atom. The number of nitrogens with zero attached hydrogens (tertiary/aromatic N) is 2. The van der Waals surface area contributed by atoms with E-state index >= 15 is 0 Å². The molecule has 0 spiro atoms. The summed E-state index contributed by atoms with van der Waals surface area (Å²) >= 11 is 0. The first-order valence-corrected chi connectivity index (χ1v) is 5.24. The van der Waals surface area contributed by atoms with E-state index in [0.29, 0.717) is 12.1 Å². The van der Waals surface area contributed by atoms with Crippen molar-refractivity contribution >= 4 is 18.2 Å². The number of H-pyrrole nitrogens is 1. The number of amidine groups is 1. The molecule has 17 heavy (non-hydrogen) atoms. The van der Waals surface area contributed by atoms with E-state index in [4.69, 9.17) is 0 Å². The number of aromatic amines is 1. The third-order valence-corrected chi connectivity index (χ3v) is 2.48. The van der Waals surface area contributed by atoms with Gasteiger partial charge in [0.05, 0.1) is 6.54 Å². The lowest BCUT2D eigenvalue weighted by Crippen LogP contribution is -2.38. The van der Waals surface area contributed by atoms with E-state index in [1.807, 2.05) is 0 Å². The second-order valence-electron chi connectivity index (χ2n) is 3.81. The molecule has 0 radical (unpaired) electrons. The second kappa shape index (κ2) is 5.67. The van der Waals surface area contributed by atoms with Gasteiger partial charge in [-0.2, -0.15) is 0 Å². The highest BCUT2D eigenvalue weighted by Gasteiger charge is 2.07. The maximum absolute atomic E-state index is 11.5. The lowest BCUT2D eigenvalue weighted by molar-refractivity contribution is 0.679. The van der Waals surface area contributed by atoms with Crippen molar-refractivity contribution in [3.63, 3.8) is 0 Å². The second-order valence-corrected chi connectivity index (χ2v) is 3.81. The predicted molar refractivity (Wildman–Crippen MR) is 68.2 cm³/mol. The summed E-state index contributed by atoms with van der Waals surface area (Å²) in [7, 11) is 0. The molecule has 0 bridgehead atoms. The van der Waals surface area contributed by atoms with Crippen LogP contribution in [0.3, 0.4) is 0 Å². The zero-order valence-electron chi connectivity index (χ0n) is 9.52. The molecule has 2 rings (SSSR count). The molecule has 0 fully saturated rings. The van der Waals surface area contributed by atoms with Crippen LogP contribution in [0.2, 0.25) is 0 Å². The van der Waals surface area contributed by atoms with Crippen molar-refractivity contribution in [1.29, 1.82) is 0 Å². The van der Waals surface area contributed by atoms with Crippen molar-refractivity contribution in [2.45, 2.75) is 19.9 Å². The van der Waals surface area contributed by atoms with Gasteiger partial charge in [0.15, 0.2) is 0 Å². The average molecular weight is 259 g/mol. The quantitative estimate of drug-likeness (QED) is 0.762. The van der Waals surface area contributed by atoms with Gasteiger partial charge in [-0.05, 0) is 13.3 Å². The van der Waals surface area contributed by atoms with Crippen molar-refractivity contribution in [1.82, 2.24) is 14.9 Å². The number of aryl methyl sites for hydroxylation is 1. The standard InChI is InChI=1S/C10H14N4O2.ClH/c1-7-5-14(10(16)13-9(7)15)6-8-11-3-2-4-12-8;/h5H,2-4,6H2,1H3,(H,11,12)(H,13,15,16);1H. The SMILES string of the molecule is Cc1cn(CC2=NCCCN2)c(=O)[nH]c1=O.Cl. The van der Waals surface area contributed by atoms with Gasteiger partial charge in [-0.3, -0.25) is 19.3 Å². The van der Waals surface area contributed by atoms with Gasteiger partial charge in [-0.1, -0.05) is 0 Å². The molecule has 0 unspecified atom stereocenters. The van der Waals surface area contributed by atoms with Crippen LogP contribution in [0, 0.1) is 6.92 Å². The molecule has 1 aromatic rings. The fraction of sp³-hybridized carbons (Fsp3) is 0.500. The Kier molecular flexibility index (Phi) is 4.51. The summed E-state index contributed by atoms with van der Waals surface area (Å²) in [5, 5.41) is 3.13. The number of aromatic nitrogens is 2. The van der Waals surface area contributed by atoms with Crippen LogP contribution in [-0.4, -0.2) is 28.5 Å². The smallest absolute Gasteiger partial charge is 0.328 e. The van der Waals surface area contributed by atoms with Gasteiger partial charge in [0.2, 0.25) is 0 Å². The zero-order valence-corrected chi connectivity index (χ0v) is 10.3. The Hall–Kier alpha value is -1.56. The third kappa shape index (κ3) is 3.20. The topological polar surface area (TPSA) is 79.2 Å². The molecule has 1 aliphatic rings. The highest BCUT2D eigenvalue weighted by molar-refractivity contribution is 5.85. The lowest BCUT2D eigenvalue weighted by Gasteiger charge is -2.15. The van der Waals surface area contributed by atoms with Crippen LogP contribution in [0.1, 0.15) is 12.0 Å². The first kappa shape index (κ1) is 13.5. The van der Waals surface area contributed by atoms with Crippen molar-refractivity contribution < 1.29 is 0 Å². The van der Waals surface area contributed by atoms with Crippen LogP contribution in [0.4, 0.5) is 0 Å². The minimum Gasteiger partial charge on any atom is -0.372 e. The summed E-state index contributed by atoms with van der Waals surface area (Å²) in [6.07, 6.45) is 2.57. The average Bonchev–Trinajstić information content (AvgIpc) is 2.27. The van der Waals surface area contributed by atoms with Crippen molar-refractivity contribution in [3.05, 3.63) is 32.6 Å². The van der Waals surface area contributed by atoms with E-state index < -0.39 is 5.69 Å². The van der Waals surface area contributed by atoms with E-state index in [1.54, 1.807) is 13.1 Å². The van der Waals surface area contributed by atoms with E-state index in [0.717, 1.165) is 25.3 Å². The molecular formula is C10H15ClN4O2. The molecule has 1 aromatic heterocycles. The van der Waals surface area contributed by atoms with E-state index in [2.05, 4.69) is 15.3 Å². The van der Waals surface area contributed by atoms with Crippen molar-refractivity contribution in [2.24, 2.45) is 4.99 Å². The molecule has 0 aromatic carbocycles. The van der Waals surface area contributed by atoms with Crippen LogP contribution in [0.15, 0.2) is 20.8 Å². The van der Waals surface area contributed by atoms with Gasteiger partial charge in [0.25, 0.3) is 5.56 Å². The van der Waals surface area contributed by atoms with Gasteiger partial charge in [-0.15, -0.1) is 12.4 Å². The number of rotatable bonds is 2. The Labute approximate surface area is 104 Å². The summed E-state index contributed by atoms with van der Waals surface area (Å²) < 4.78 is 1.45. The Morgan fingerprint density at radius 3 is 2.88 bits per heavy atom. The third-order valence-electron chi connectivity index (χ3n) is 2.48. The van der Waals surface area contributed by atoms with Gasteiger partial charge >= 0.3 is 5.69 Å². The first-order valence-electron chi connectivity index (χ1n) is 5.24. The van der Waals surface area contributed by atoms with Gasteiger partial charge in [0.1, 0.15) is 5.84 Å². The van der Waals surface area contributed by atoms with E-state index in [9.17, 15) is 9.59 Å². The fourth-order valence-electron chi connectivity index (χ4n) is 1.58. The van der Waals surface area contributed by atoms with Gasteiger partial charge < -0.3 is 5.32 Å². The number of halogens is 1. The normalized spacial score (nSPS) is 14.5. The summed E-state index contributed by atoms with van der Waals surface area (Å²) in [5.41, 5.74) is -0.207. The number of aliphatic imine (C=N–C) groups is 1. The van der Waals surface area contributed by atoms with Gasteiger partial charge in [0, 0.05) is 24.8 Å². The Morgan fingerprint density at radius 2 is 2.24 bits per heavy atom. The molecule has 94 valence electrons. The predicted octanol–water partition coefficient (Wildman–Crippen LogP) is -0.341. The minimum absolute atomic E-state index is 0. The van der Waals surface area contributed by atoms with E-state index in [1.165, 1.54) is 4.57 Å². The highest BCUT2D eigenvalue weighted by Crippen LogP contribution is 1.92. The Balaban J connectivity index is 0.00000144. The fourth-order valence-corrected chi connectivity index (χ4v) is 1.58. The molecule has 7 heteroatoms. The summed E-state index contributed by atoms with van der Waals surface area (Å²) in [6.45, 7) is 3.73. The van der Waals surface area contributed by atoms with Gasteiger partial charge in [-0.25, -0.2) is 4.79 Å². The molecule has 0 saturated heterocycles. The number of hydrogen-bond donors (Lipinski definition) is 2. The highest BCUT2D eigenvalue weighted by atomic mass is 35.5. The maximum Gasteiger partial charge on any atom is 0.328 e. The maximum atomic E-state index is 11.5. The Bertz CT molecular complexity index is 532. The largest absolute Gasteiger partial charge is 0.372 e. The number of hydrogen-bond acceptors (Lipinski definition) is 4. The monoisotopic (exact) mass is 258 g/mol. The van der Waals surface area contributed by atoms with Crippen molar-refractivity contribution in [2.75, 3.05) is 13.1 Å². The summed E-state index contributed by atoms with van der Waals surface area (Å²) in [5.74, 6) is 0.791.